The third-order valence-electron chi connectivity index (χ3n) is 5.05. The molecule has 1 heterocycles. The van der Waals surface area contributed by atoms with Gasteiger partial charge in [0.05, 0.1) is 4.92 Å². The van der Waals surface area contributed by atoms with Gasteiger partial charge in [-0.05, 0) is 44.9 Å². The molecule has 32 heavy (non-hydrogen) atoms. The number of ether oxygens (including phenoxy) is 1. The van der Waals surface area contributed by atoms with Gasteiger partial charge in [0, 0.05) is 11.3 Å². The van der Waals surface area contributed by atoms with Crippen molar-refractivity contribution in [1.29, 1.82) is 0 Å². The first-order chi connectivity index (χ1) is 15.2. The normalized spacial score (nSPS) is 11.6. The van der Waals surface area contributed by atoms with E-state index in [1.807, 2.05) is 32.0 Å². The Labute approximate surface area is 185 Å². The van der Waals surface area contributed by atoms with Gasteiger partial charge in [-0.25, -0.2) is 0 Å². The number of anilines is 1. The largest absolute Gasteiger partial charge is 0.446 e. The first-order valence-electron chi connectivity index (χ1n) is 9.98. The van der Waals surface area contributed by atoms with Gasteiger partial charge in [-0.1, -0.05) is 42.5 Å². The smallest absolute Gasteiger partial charge is 0.328 e. The van der Waals surface area contributed by atoms with Crippen LogP contribution in [0.4, 0.5) is 11.4 Å². The highest BCUT2D eigenvalue weighted by Crippen LogP contribution is 2.24. The van der Waals surface area contributed by atoms with E-state index in [0.29, 0.717) is 11.3 Å². The number of nitrogens with one attached hydrogen (secondary N) is 1. The maximum Gasteiger partial charge on any atom is 0.328 e. The average molecular weight is 436 g/mol. The minimum atomic E-state index is -1.20. The summed E-state index contributed by atoms with van der Waals surface area (Å²) in [5.41, 5.74) is 3.27. The summed E-state index contributed by atoms with van der Waals surface area (Å²) in [6.45, 7) is 6.43. The number of hydrogen-bond acceptors (Lipinski definition) is 6. The maximum absolute atomic E-state index is 13.1. The third-order valence-corrected chi connectivity index (χ3v) is 5.05. The van der Waals surface area contributed by atoms with Crippen LogP contribution in [-0.2, 0) is 20.9 Å². The minimum Gasteiger partial charge on any atom is -0.446 e. The van der Waals surface area contributed by atoms with Gasteiger partial charge < -0.3 is 10.1 Å². The van der Waals surface area contributed by atoms with Crippen molar-refractivity contribution in [2.45, 2.75) is 40.3 Å². The molecule has 1 atom stereocenters. The topological polar surface area (TPSA) is 116 Å². The summed E-state index contributed by atoms with van der Waals surface area (Å²) in [5, 5.41) is 18.1. The number of aryl methyl sites for hydroxylation is 3. The van der Waals surface area contributed by atoms with Crippen LogP contribution in [0.25, 0.3) is 0 Å². The molecule has 0 aliphatic heterocycles. The highest BCUT2D eigenvalue weighted by molar-refractivity contribution is 5.96. The molecular weight excluding hydrogens is 412 g/mol. The second kappa shape index (κ2) is 9.42. The number of benzene rings is 2. The van der Waals surface area contributed by atoms with E-state index >= 15 is 0 Å². The van der Waals surface area contributed by atoms with Crippen LogP contribution >= 0.6 is 0 Å². The first-order valence-corrected chi connectivity index (χ1v) is 9.98. The highest BCUT2D eigenvalue weighted by Gasteiger charge is 2.28. The number of rotatable bonds is 7. The Balaban J connectivity index is 1.83. The molecule has 2 aromatic carbocycles. The van der Waals surface area contributed by atoms with Crippen molar-refractivity contribution < 1.29 is 19.2 Å². The number of hydrogen-bond donors (Lipinski definition) is 1. The van der Waals surface area contributed by atoms with Gasteiger partial charge in [-0.2, -0.15) is 5.10 Å². The monoisotopic (exact) mass is 436 g/mol. The Kier molecular flexibility index (Phi) is 6.67. The standard InChI is InChI=1S/C23H24N4O5/c1-14-10-11-15(2)19(12-14)24-23(29)22(18-8-6-5-7-9-18)32-20(28)13-26-17(4)21(27(30)31)16(3)25-26/h5-12,22H,13H2,1-4H3,(H,24,29). The summed E-state index contributed by atoms with van der Waals surface area (Å²) in [6.07, 6.45) is -1.20. The fourth-order valence-electron chi connectivity index (χ4n) is 3.37. The van der Waals surface area contributed by atoms with Crippen molar-refractivity contribution in [2.75, 3.05) is 5.32 Å². The van der Waals surface area contributed by atoms with E-state index in [1.54, 1.807) is 30.3 Å². The molecule has 3 aromatic rings. The Morgan fingerprint density at radius 3 is 2.44 bits per heavy atom. The van der Waals surface area contributed by atoms with Gasteiger partial charge in [0.15, 0.2) is 0 Å². The predicted octanol–water partition coefficient (Wildman–Crippen LogP) is 3.95. The molecule has 0 fully saturated rings. The van der Waals surface area contributed by atoms with Crippen LogP contribution in [0.3, 0.4) is 0 Å². The minimum absolute atomic E-state index is 0.148. The van der Waals surface area contributed by atoms with Crippen molar-refractivity contribution in [1.82, 2.24) is 9.78 Å². The van der Waals surface area contributed by atoms with E-state index in [9.17, 15) is 19.7 Å². The zero-order valence-electron chi connectivity index (χ0n) is 18.3. The van der Waals surface area contributed by atoms with Crippen molar-refractivity contribution in [3.05, 3.63) is 86.7 Å². The van der Waals surface area contributed by atoms with E-state index in [2.05, 4.69) is 10.4 Å². The van der Waals surface area contributed by atoms with E-state index < -0.39 is 22.9 Å². The molecule has 0 spiro atoms. The van der Waals surface area contributed by atoms with E-state index in [0.717, 1.165) is 11.1 Å². The molecule has 3 rings (SSSR count). The van der Waals surface area contributed by atoms with E-state index in [1.165, 1.54) is 18.5 Å². The molecule has 1 unspecified atom stereocenters. The molecule has 0 aliphatic carbocycles. The van der Waals surface area contributed by atoms with Crippen molar-refractivity contribution in [3.63, 3.8) is 0 Å². The van der Waals surface area contributed by atoms with Crippen molar-refractivity contribution >= 4 is 23.3 Å². The zero-order valence-corrected chi connectivity index (χ0v) is 18.3. The number of aromatic nitrogens is 2. The van der Waals surface area contributed by atoms with Gasteiger partial charge in [-0.3, -0.25) is 24.4 Å². The summed E-state index contributed by atoms with van der Waals surface area (Å²) in [7, 11) is 0. The molecule has 166 valence electrons. The van der Waals surface area contributed by atoms with Crippen LogP contribution in [0.1, 0.15) is 34.2 Å². The first kappa shape index (κ1) is 22.7. The predicted molar refractivity (Wildman–Crippen MR) is 118 cm³/mol. The van der Waals surface area contributed by atoms with Crippen LogP contribution < -0.4 is 5.32 Å². The Hall–Kier alpha value is -4.01. The van der Waals surface area contributed by atoms with Crippen LogP contribution in [0.15, 0.2) is 48.5 Å². The number of amides is 1. The van der Waals surface area contributed by atoms with E-state index in [4.69, 9.17) is 4.74 Å². The number of nitro groups is 1. The molecule has 0 saturated carbocycles. The Morgan fingerprint density at radius 2 is 1.81 bits per heavy atom. The second-order valence-electron chi connectivity index (χ2n) is 7.52. The fraction of sp³-hybridized carbons (Fsp3) is 0.261. The van der Waals surface area contributed by atoms with Crippen molar-refractivity contribution in [3.8, 4) is 0 Å². The lowest BCUT2D eigenvalue weighted by Gasteiger charge is -2.19. The second-order valence-corrected chi connectivity index (χ2v) is 7.52. The summed E-state index contributed by atoms with van der Waals surface area (Å²) in [5.74, 6) is -1.24. The molecular formula is C23H24N4O5. The Morgan fingerprint density at radius 1 is 1.12 bits per heavy atom. The molecule has 1 aromatic heterocycles. The molecule has 1 N–H and O–H groups in total. The number of carbonyl (C=O) groups excluding carboxylic acids is 2. The van der Waals surface area contributed by atoms with Crippen LogP contribution in [0, 0.1) is 37.8 Å². The van der Waals surface area contributed by atoms with Gasteiger partial charge in [-0.15, -0.1) is 0 Å². The molecule has 9 nitrogen and oxygen atoms in total. The summed E-state index contributed by atoms with van der Waals surface area (Å²) in [6, 6.07) is 14.3. The average Bonchev–Trinajstić information content (AvgIpc) is 3.02. The SMILES string of the molecule is Cc1ccc(C)c(NC(=O)C(OC(=O)Cn2nc(C)c([N+](=O)[O-])c2C)c2ccccc2)c1. The lowest BCUT2D eigenvalue weighted by molar-refractivity contribution is -0.386. The molecule has 1 amide bonds. The Bertz CT molecular complexity index is 1170. The van der Waals surface area contributed by atoms with Crippen LogP contribution in [0.5, 0.6) is 0 Å². The molecule has 0 radical (unpaired) electrons. The number of nitrogens with zero attached hydrogens (tertiary/aromatic N) is 3. The lowest BCUT2D eigenvalue weighted by Crippen LogP contribution is -2.28. The van der Waals surface area contributed by atoms with Gasteiger partial charge in [0.25, 0.3) is 5.91 Å². The fourth-order valence-corrected chi connectivity index (χ4v) is 3.37. The maximum atomic E-state index is 13.1. The zero-order chi connectivity index (χ0) is 23.4. The number of carbonyl (C=O) groups is 2. The summed E-state index contributed by atoms with van der Waals surface area (Å²) < 4.78 is 6.74. The van der Waals surface area contributed by atoms with Crippen LogP contribution in [-0.4, -0.2) is 26.6 Å². The van der Waals surface area contributed by atoms with Crippen molar-refractivity contribution in [2.24, 2.45) is 0 Å². The highest BCUT2D eigenvalue weighted by atomic mass is 16.6. The lowest BCUT2D eigenvalue weighted by atomic mass is 10.1. The number of esters is 1. The van der Waals surface area contributed by atoms with Gasteiger partial charge in [0.1, 0.15) is 17.9 Å². The van der Waals surface area contributed by atoms with Gasteiger partial charge >= 0.3 is 11.7 Å². The quantitative estimate of drug-likeness (QED) is 0.341. The summed E-state index contributed by atoms with van der Waals surface area (Å²) >= 11 is 0. The molecule has 0 aliphatic rings. The molecule has 0 saturated heterocycles. The molecule has 9 heteroatoms. The van der Waals surface area contributed by atoms with Gasteiger partial charge in [0.2, 0.25) is 6.10 Å². The summed E-state index contributed by atoms with van der Waals surface area (Å²) in [4.78, 5) is 36.4. The molecule has 0 bridgehead atoms. The third kappa shape index (κ3) is 5.00. The van der Waals surface area contributed by atoms with E-state index in [-0.39, 0.29) is 23.6 Å². The van der Waals surface area contributed by atoms with Crippen LogP contribution in [0.2, 0.25) is 0 Å².